The monoisotopic (exact) mass is 247 g/mol. The van der Waals surface area contributed by atoms with E-state index in [1.165, 1.54) is 5.56 Å². The summed E-state index contributed by atoms with van der Waals surface area (Å²) in [4.78, 5) is 11.1. The Kier molecular flexibility index (Phi) is 2.96. The molecule has 1 heterocycles. The minimum absolute atomic E-state index is 0.112. The van der Waals surface area contributed by atoms with Crippen LogP contribution in [0.3, 0.4) is 0 Å². The molecular weight excluding hydrogens is 230 g/mol. The zero-order valence-electron chi connectivity index (χ0n) is 10.2. The summed E-state index contributed by atoms with van der Waals surface area (Å²) in [5.41, 5.74) is 2.21. The summed E-state index contributed by atoms with van der Waals surface area (Å²) in [7, 11) is 0. The van der Waals surface area contributed by atoms with Crippen molar-refractivity contribution in [3.63, 3.8) is 0 Å². The number of carbonyl (C=O) groups is 1. The number of fused-ring (bicyclic) bond motifs is 1. The molecule has 0 aromatic heterocycles. The molecule has 96 valence electrons. The average molecular weight is 247 g/mol. The fraction of sp³-hybridized carbons (Fsp3) is 0.500. The van der Waals surface area contributed by atoms with Gasteiger partial charge < -0.3 is 15.2 Å². The summed E-state index contributed by atoms with van der Waals surface area (Å²) in [6.45, 7) is 1.28. The smallest absolute Gasteiger partial charge is 0.220 e. The standard InChI is InChI=1S/C14H17NO3/c16-13-4-1-10-6-11(2-3-12(10)13)18-8-9-5-14(17)15-7-9/h2-3,6,9,13,16H,1,4-5,7-8H2,(H,15,17)/t9-,13?/m1/s1. The Morgan fingerprint density at radius 1 is 1.44 bits per heavy atom. The van der Waals surface area contributed by atoms with Gasteiger partial charge in [0.15, 0.2) is 0 Å². The highest BCUT2D eigenvalue weighted by Gasteiger charge is 2.23. The third-order valence-electron chi connectivity index (χ3n) is 3.71. The van der Waals surface area contributed by atoms with Gasteiger partial charge in [0.2, 0.25) is 5.91 Å². The molecule has 1 unspecified atom stereocenters. The van der Waals surface area contributed by atoms with Gasteiger partial charge in [0.25, 0.3) is 0 Å². The second-order valence-corrected chi connectivity index (χ2v) is 5.10. The van der Waals surface area contributed by atoms with Crippen LogP contribution in [-0.2, 0) is 11.2 Å². The van der Waals surface area contributed by atoms with Crippen LogP contribution in [0.25, 0.3) is 0 Å². The van der Waals surface area contributed by atoms with Gasteiger partial charge in [0, 0.05) is 18.9 Å². The summed E-state index contributed by atoms with van der Waals surface area (Å²) in [6, 6.07) is 5.85. The van der Waals surface area contributed by atoms with E-state index in [0.717, 1.165) is 24.2 Å². The first-order chi connectivity index (χ1) is 8.72. The first-order valence-electron chi connectivity index (χ1n) is 6.43. The molecule has 2 N–H and O–H groups in total. The maximum Gasteiger partial charge on any atom is 0.220 e. The minimum Gasteiger partial charge on any atom is -0.493 e. The maximum atomic E-state index is 11.1. The Bertz CT molecular complexity index is 472. The molecule has 4 heteroatoms. The predicted molar refractivity (Wildman–Crippen MR) is 66.3 cm³/mol. The van der Waals surface area contributed by atoms with Crippen molar-refractivity contribution in [1.82, 2.24) is 5.32 Å². The van der Waals surface area contributed by atoms with Crippen LogP contribution in [0.5, 0.6) is 5.75 Å². The average Bonchev–Trinajstić information content (AvgIpc) is 2.94. The highest BCUT2D eigenvalue weighted by molar-refractivity contribution is 5.78. The van der Waals surface area contributed by atoms with E-state index in [2.05, 4.69) is 5.32 Å². The highest BCUT2D eigenvalue weighted by atomic mass is 16.5. The first kappa shape index (κ1) is 11.5. The maximum absolute atomic E-state index is 11.1. The number of rotatable bonds is 3. The Morgan fingerprint density at radius 3 is 3.11 bits per heavy atom. The molecule has 4 nitrogen and oxygen atoms in total. The molecule has 0 spiro atoms. The number of benzene rings is 1. The van der Waals surface area contributed by atoms with E-state index in [1.54, 1.807) is 0 Å². The molecule has 1 fully saturated rings. The van der Waals surface area contributed by atoms with Gasteiger partial charge in [-0.2, -0.15) is 0 Å². The van der Waals surface area contributed by atoms with Gasteiger partial charge >= 0.3 is 0 Å². The van der Waals surface area contributed by atoms with Gasteiger partial charge in [-0.05, 0) is 36.1 Å². The van der Waals surface area contributed by atoms with Crippen molar-refractivity contribution < 1.29 is 14.6 Å². The molecule has 3 rings (SSSR count). The lowest BCUT2D eigenvalue weighted by Gasteiger charge is -2.11. The Labute approximate surface area is 106 Å². The van der Waals surface area contributed by atoms with Crippen LogP contribution >= 0.6 is 0 Å². The van der Waals surface area contributed by atoms with Crippen LogP contribution in [0.2, 0.25) is 0 Å². The molecule has 1 saturated heterocycles. The summed E-state index contributed by atoms with van der Waals surface area (Å²) >= 11 is 0. The zero-order valence-corrected chi connectivity index (χ0v) is 10.2. The van der Waals surface area contributed by atoms with E-state index in [1.807, 2.05) is 18.2 Å². The number of aryl methyl sites for hydroxylation is 1. The minimum atomic E-state index is -0.314. The molecule has 0 bridgehead atoms. The second kappa shape index (κ2) is 4.61. The van der Waals surface area contributed by atoms with Gasteiger partial charge in [0.05, 0.1) is 12.7 Å². The Balaban J connectivity index is 1.62. The molecular formula is C14H17NO3. The van der Waals surface area contributed by atoms with Crippen molar-refractivity contribution in [1.29, 1.82) is 0 Å². The molecule has 0 saturated carbocycles. The lowest BCUT2D eigenvalue weighted by atomic mass is 10.1. The molecule has 0 radical (unpaired) electrons. The Hall–Kier alpha value is -1.55. The van der Waals surface area contributed by atoms with Crippen molar-refractivity contribution >= 4 is 5.91 Å². The number of ether oxygens (including phenoxy) is 1. The third kappa shape index (κ3) is 2.20. The molecule has 1 aromatic carbocycles. The molecule has 1 aliphatic carbocycles. The molecule has 1 aromatic rings. The number of hydrogen-bond acceptors (Lipinski definition) is 3. The predicted octanol–water partition coefficient (Wildman–Crippen LogP) is 1.18. The van der Waals surface area contributed by atoms with Crippen molar-refractivity contribution in [3.05, 3.63) is 29.3 Å². The highest BCUT2D eigenvalue weighted by Crippen LogP contribution is 2.33. The van der Waals surface area contributed by atoms with E-state index >= 15 is 0 Å². The fourth-order valence-electron chi connectivity index (χ4n) is 2.66. The molecule has 2 atom stereocenters. The van der Waals surface area contributed by atoms with Crippen LogP contribution in [-0.4, -0.2) is 24.2 Å². The normalized spacial score (nSPS) is 25.9. The number of aliphatic hydroxyl groups is 1. The quantitative estimate of drug-likeness (QED) is 0.843. The number of hydrogen-bond donors (Lipinski definition) is 2. The van der Waals surface area contributed by atoms with Gasteiger partial charge in [-0.25, -0.2) is 0 Å². The summed E-state index contributed by atoms with van der Waals surface area (Å²) < 4.78 is 5.72. The largest absolute Gasteiger partial charge is 0.493 e. The van der Waals surface area contributed by atoms with E-state index in [9.17, 15) is 9.90 Å². The lowest BCUT2D eigenvalue weighted by molar-refractivity contribution is -0.119. The van der Waals surface area contributed by atoms with Crippen LogP contribution < -0.4 is 10.1 Å². The topological polar surface area (TPSA) is 58.6 Å². The van der Waals surface area contributed by atoms with Gasteiger partial charge in [0.1, 0.15) is 5.75 Å². The van der Waals surface area contributed by atoms with E-state index in [4.69, 9.17) is 4.74 Å². The summed E-state index contributed by atoms with van der Waals surface area (Å²) in [5, 5.41) is 12.5. The van der Waals surface area contributed by atoms with Crippen molar-refractivity contribution in [2.24, 2.45) is 5.92 Å². The van der Waals surface area contributed by atoms with Crippen LogP contribution in [0.15, 0.2) is 18.2 Å². The van der Waals surface area contributed by atoms with Gasteiger partial charge in [-0.15, -0.1) is 0 Å². The first-order valence-corrected chi connectivity index (χ1v) is 6.43. The molecule has 1 amide bonds. The molecule has 2 aliphatic rings. The van der Waals surface area contributed by atoms with Crippen LogP contribution in [0, 0.1) is 5.92 Å². The zero-order chi connectivity index (χ0) is 12.5. The Morgan fingerprint density at radius 2 is 2.33 bits per heavy atom. The summed E-state index contributed by atoms with van der Waals surface area (Å²) in [5.74, 6) is 1.22. The van der Waals surface area contributed by atoms with Gasteiger partial charge in [-0.1, -0.05) is 6.07 Å². The lowest BCUT2D eigenvalue weighted by Crippen LogP contribution is -2.16. The van der Waals surface area contributed by atoms with Crippen molar-refractivity contribution in [2.75, 3.05) is 13.2 Å². The fourth-order valence-corrected chi connectivity index (χ4v) is 2.66. The SMILES string of the molecule is O=C1C[C@@H](COc2ccc3c(c2)CCC3O)CN1. The van der Waals surface area contributed by atoms with Crippen molar-refractivity contribution in [3.8, 4) is 5.75 Å². The number of aliphatic hydroxyl groups excluding tert-OH is 1. The number of carbonyl (C=O) groups excluding carboxylic acids is 1. The van der Waals surface area contributed by atoms with E-state index < -0.39 is 0 Å². The van der Waals surface area contributed by atoms with E-state index in [-0.39, 0.29) is 17.9 Å². The number of nitrogens with one attached hydrogen (secondary N) is 1. The summed E-state index contributed by atoms with van der Waals surface area (Å²) in [6.07, 6.45) is 1.96. The van der Waals surface area contributed by atoms with Crippen LogP contribution in [0.4, 0.5) is 0 Å². The number of amides is 1. The van der Waals surface area contributed by atoms with Gasteiger partial charge in [-0.3, -0.25) is 4.79 Å². The molecule has 18 heavy (non-hydrogen) atoms. The van der Waals surface area contributed by atoms with Crippen LogP contribution in [0.1, 0.15) is 30.1 Å². The third-order valence-corrected chi connectivity index (χ3v) is 3.71. The van der Waals surface area contributed by atoms with Crippen molar-refractivity contribution in [2.45, 2.75) is 25.4 Å². The second-order valence-electron chi connectivity index (χ2n) is 5.10. The molecule has 1 aliphatic heterocycles. The van der Waals surface area contributed by atoms with E-state index in [0.29, 0.717) is 19.6 Å².